The topological polar surface area (TPSA) is 49.0 Å². The van der Waals surface area contributed by atoms with Crippen LogP contribution in [0.25, 0.3) is 22.2 Å². The van der Waals surface area contributed by atoms with Crippen molar-refractivity contribution in [2.24, 2.45) is 0 Å². The fourth-order valence-electron chi connectivity index (χ4n) is 3.83. The normalized spacial score (nSPS) is 17.8. The molecule has 0 saturated carbocycles. The van der Waals surface area contributed by atoms with Crippen LogP contribution in [-0.4, -0.2) is 39.8 Å². The van der Waals surface area contributed by atoms with E-state index in [9.17, 15) is 4.79 Å². The average Bonchev–Trinajstić information content (AvgIpc) is 3.24. The maximum absolute atomic E-state index is 11.4. The zero-order valence-electron chi connectivity index (χ0n) is 15.5. The molecule has 4 nitrogen and oxygen atoms in total. The Morgan fingerprint density at radius 3 is 2.65 bits per heavy atom. The molecule has 1 aliphatic heterocycles. The van der Waals surface area contributed by atoms with E-state index in [1.54, 1.807) is 6.92 Å². The molecule has 4 heteroatoms. The first-order chi connectivity index (χ1) is 12.6. The number of imidazole rings is 1. The maximum atomic E-state index is 11.4. The van der Waals surface area contributed by atoms with Gasteiger partial charge in [0.25, 0.3) is 0 Å². The van der Waals surface area contributed by atoms with E-state index in [0.29, 0.717) is 6.04 Å². The highest BCUT2D eigenvalue weighted by Gasteiger charge is 2.19. The Hall–Kier alpha value is -2.46. The third-order valence-electron chi connectivity index (χ3n) is 5.48. The Balaban J connectivity index is 1.52. The van der Waals surface area contributed by atoms with Crippen LogP contribution in [0.4, 0.5) is 0 Å². The quantitative estimate of drug-likeness (QED) is 0.693. The molecule has 0 radical (unpaired) electrons. The highest BCUT2D eigenvalue weighted by molar-refractivity contribution is 5.94. The molecule has 1 fully saturated rings. The van der Waals surface area contributed by atoms with Gasteiger partial charge in [-0.05, 0) is 56.5 Å². The number of nitrogens with zero attached hydrogens (tertiary/aromatic N) is 2. The summed E-state index contributed by atoms with van der Waals surface area (Å²) in [5.74, 6) is 1.15. The molecule has 1 N–H and O–H groups in total. The van der Waals surface area contributed by atoms with Crippen LogP contribution in [0.15, 0.2) is 42.5 Å². The molecule has 0 amide bonds. The van der Waals surface area contributed by atoms with Crippen molar-refractivity contribution in [2.45, 2.75) is 39.2 Å². The second-order valence-electron chi connectivity index (χ2n) is 7.33. The van der Waals surface area contributed by atoms with E-state index < -0.39 is 0 Å². The second kappa shape index (κ2) is 7.04. The Labute approximate surface area is 154 Å². The summed E-state index contributed by atoms with van der Waals surface area (Å²) in [6.45, 7) is 6.19. The SMILES string of the molecule is CC(=O)c1ccc(-c2ccc3[nH]c(CCN4CCCC4C)nc3c2)cc1. The van der Waals surface area contributed by atoms with Crippen molar-refractivity contribution in [1.82, 2.24) is 14.9 Å². The minimum atomic E-state index is 0.0938. The van der Waals surface area contributed by atoms with Gasteiger partial charge in [0.05, 0.1) is 11.0 Å². The summed E-state index contributed by atoms with van der Waals surface area (Å²) in [5.41, 5.74) is 5.06. The van der Waals surface area contributed by atoms with Gasteiger partial charge in [0, 0.05) is 24.6 Å². The van der Waals surface area contributed by atoms with Gasteiger partial charge in [-0.2, -0.15) is 0 Å². The number of ketones is 1. The first-order valence-electron chi connectivity index (χ1n) is 9.44. The number of carbonyl (C=O) groups is 1. The summed E-state index contributed by atoms with van der Waals surface area (Å²) < 4.78 is 0. The van der Waals surface area contributed by atoms with Gasteiger partial charge in [0.1, 0.15) is 5.82 Å². The first-order valence-corrected chi connectivity index (χ1v) is 9.44. The van der Waals surface area contributed by atoms with Crippen molar-refractivity contribution < 1.29 is 4.79 Å². The molecule has 0 aliphatic carbocycles. The molecular weight excluding hydrogens is 322 g/mol. The number of nitrogens with one attached hydrogen (secondary N) is 1. The molecule has 3 aromatic rings. The van der Waals surface area contributed by atoms with Crippen molar-refractivity contribution in [3.8, 4) is 11.1 Å². The molecule has 2 aromatic carbocycles. The number of benzene rings is 2. The fourth-order valence-corrected chi connectivity index (χ4v) is 3.83. The van der Waals surface area contributed by atoms with E-state index in [0.717, 1.165) is 46.5 Å². The lowest BCUT2D eigenvalue weighted by Crippen LogP contribution is -2.29. The van der Waals surface area contributed by atoms with Crippen LogP contribution in [0, 0.1) is 0 Å². The number of hydrogen-bond donors (Lipinski definition) is 1. The summed E-state index contributed by atoms with van der Waals surface area (Å²) in [7, 11) is 0. The van der Waals surface area contributed by atoms with Crippen LogP contribution in [0.5, 0.6) is 0 Å². The Bertz CT molecular complexity index is 926. The minimum Gasteiger partial charge on any atom is -0.342 e. The zero-order chi connectivity index (χ0) is 18.1. The van der Waals surface area contributed by atoms with Crippen LogP contribution >= 0.6 is 0 Å². The molecule has 1 atom stereocenters. The zero-order valence-corrected chi connectivity index (χ0v) is 15.5. The van der Waals surface area contributed by atoms with E-state index >= 15 is 0 Å². The van der Waals surface area contributed by atoms with Crippen molar-refractivity contribution in [1.29, 1.82) is 0 Å². The Morgan fingerprint density at radius 2 is 1.96 bits per heavy atom. The number of rotatable bonds is 5. The molecule has 1 aliphatic rings. The largest absolute Gasteiger partial charge is 0.342 e. The molecule has 1 aromatic heterocycles. The number of fused-ring (bicyclic) bond motifs is 1. The van der Waals surface area contributed by atoms with Crippen LogP contribution in [0.3, 0.4) is 0 Å². The standard InChI is InChI=1S/C22H25N3O/c1-15-4-3-12-25(15)13-11-22-23-20-10-9-19(14-21(20)24-22)18-7-5-17(6-8-18)16(2)26/h5-10,14-15H,3-4,11-13H2,1-2H3,(H,23,24). The van der Waals surface area contributed by atoms with Crippen molar-refractivity contribution in [2.75, 3.05) is 13.1 Å². The summed E-state index contributed by atoms with van der Waals surface area (Å²) >= 11 is 0. The molecule has 2 heterocycles. The van der Waals surface area contributed by atoms with E-state index in [1.165, 1.54) is 19.4 Å². The van der Waals surface area contributed by atoms with Crippen LogP contribution in [0.2, 0.25) is 0 Å². The molecular formula is C22H25N3O. The van der Waals surface area contributed by atoms with Gasteiger partial charge >= 0.3 is 0 Å². The highest BCUT2D eigenvalue weighted by atomic mass is 16.1. The van der Waals surface area contributed by atoms with Gasteiger partial charge < -0.3 is 9.88 Å². The van der Waals surface area contributed by atoms with E-state index in [1.807, 2.05) is 24.3 Å². The lowest BCUT2D eigenvalue weighted by Gasteiger charge is -2.19. The van der Waals surface area contributed by atoms with Crippen LogP contribution in [-0.2, 0) is 6.42 Å². The first kappa shape index (κ1) is 17.0. The third kappa shape index (κ3) is 3.42. The minimum absolute atomic E-state index is 0.0938. The van der Waals surface area contributed by atoms with Crippen molar-refractivity contribution >= 4 is 16.8 Å². The Kier molecular flexibility index (Phi) is 4.60. The van der Waals surface area contributed by atoms with Crippen molar-refractivity contribution in [3.05, 3.63) is 53.9 Å². The monoisotopic (exact) mass is 347 g/mol. The fraction of sp³-hybridized carbons (Fsp3) is 0.364. The number of carbonyl (C=O) groups excluding carboxylic acids is 1. The summed E-state index contributed by atoms with van der Waals surface area (Å²) in [6, 6.07) is 14.8. The summed E-state index contributed by atoms with van der Waals surface area (Å²) in [5, 5.41) is 0. The predicted molar refractivity (Wildman–Crippen MR) is 106 cm³/mol. The van der Waals surface area contributed by atoms with Gasteiger partial charge in [-0.25, -0.2) is 4.98 Å². The van der Waals surface area contributed by atoms with Crippen LogP contribution < -0.4 is 0 Å². The van der Waals surface area contributed by atoms with Gasteiger partial charge in [-0.1, -0.05) is 30.3 Å². The smallest absolute Gasteiger partial charge is 0.159 e. The van der Waals surface area contributed by atoms with Crippen molar-refractivity contribution in [3.63, 3.8) is 0 Å². The maximum Gasteiger partial charge on any atom is 0.159 e. The molecule has 1 saturated heterocycles. The van der Waals surface area contributed by atoms with E-state index in [4.69, 9.17) is 4.98 Å². The molecule has 0 bridgehead atoms. The van der Waals surface area contributed by atoms with Gasteiger partial charge in [0.2, 0.25) is 0 Å². The predicted octanol–water partition coefficient (Wildman–Crippen LogP) is 4.46. The van der Waals surface area contributed by atoms with Gasteiger partial charge in [0.15, 0.2) is 5.78 Å². The molecule has 4 rings (SSSR count). The summed E-state index contributed by atoms with van der Waals surface area (Å²) in [4.78, 5) is 22.2. The molecule has 26 heavy (non-hydrogen) atoms. The lowest BCUT2D eigenvalue weighted by molar-refractivity contribution is 0.101. The number of aromatic nitrogens is 2. The number of hydrogen-bond acceptors (Lipinski definition) is 3. The number of H-pyrrole nitrogens is 1. The molecule has 0 spiro atoms. The lowest BCUT2D eigenvalue weighted by atomic mass is 10.0. The second-order valence-corrected chi connectivity index (χ2v) is 7.33. The van der Waals surface area contributed by atoms with E-state index in [2.05, 4.69) is 35.0 Å². The Morgan fingerprint density at radius 1 is 1.19 bits per heavy atom. The third-order valence-corrected chi connectivity index (χ3v) is 5.48. The number of likely N-dealkylation sites (tertiary alicyclic amines) is 1. The van der Waals surface area contributed by atoms with Gasteiger partial charge in [-0.3, -0.25) is 4.79 Å². The molecule has 134 valence electrons. The molecule has 1 unspecified atom stereocenters. The number of aromatic amines is 1. The van der Waals surface area contributed by atoms with E-state index in [-0.39, 0.29) is 5.78 Å². The summed E-state index contributed by atoms with van der Waals surface area (Å²) in [6.07, 6.45) is 3.58. The average molecular weight is 347 g/mol. The van der Waals surface area contributed by atoms with Crippen LogP contribution in [0.1, 0.15) is 42.9 Å². The highest BCUT2D eigenvalue weighted by Crippen LogP contribution is 2.24. The number of Topliss-reactive ketones (excluding diaryl/α,β-unsaturated/α-hetero) is 1. The van der Waals surface area contributed by atoms with Gasteiger partial charge in [-0.15, -0.1) is 0 Å².